The third-order valence-electron chi connectivity index (χ3n) is 1.53. The van der Waals surface area contributed by atoms with Gasteiger partial charge in [-0.15, -0.1) is 0 Å². The van der Waals surface area contributed by atoms with Gasteiger partial charge in [-0.05, 0) is 12.2 Å². The molecular formula is C6H10N4O2S. The van der Waals surface area contributed by atoms with Crippen LogP contribution in [0, 0.1) is 0 Å². The summed E-state index contributed by atoms with van der Waals surface area (Å²) < 4.78 is 0. The lowest BCUT2D eigenvalue weighted by Gasteiger charge is -2.30. The Morgan fingerprint density at radius 2 is 2.31 bits per heavy atom. The van der Waals surface area contributed by atoms with Gasteiger partial charge in [-0.25, -0.2) is 0 Å². The topological polar surface area (TPSA) is 96.2 Å². The Labute approximate surface area is 80.2 Å². The molecule has 1 heterocycles. The molecule has 0 saturated carbocycles. The molecule has 7 heteroatoms. The van der Waals surface area contributed by atoms with Gasteiger partial charge in [-0.1, -0.05) is 0 Å². The Bertz CT molecular complexity index is 267. The minimum atomic E-state index is -0.774. The summed E-state index contributed by atoms with van der Waals surface area (Å²) in [5.41, 5.74) is 5.53. The number of hydrogen-bond donors (Lipinski definition) is 4. The molecular weight excluding hydrogens is 192 g/mol. The van der Waals surface area contributed by atoms with Gasteiger partial charge in [0.2, 0.25) is 5.91 Å². The van der Waals surface area contributed by atoms with Gasteiger partial charge in [0, 0.05) is 6.92 Å². The number of rotatable bonds is 1. The molecule has 6 nitrogen and oxygen atoms in total. The van der Waals surface area contributed by atoms with Crippen molar-refractivity contribution < 1.29 is 9.59 Å². The summed E-state index contributed by atoms with van der Waals surface area (Å²) in [5.74, 6) is -0.711. The van der Waals surface area contributed by atoms with Crippen molar-refractivity contribution >= 4 is 29.1 Å². The van der Waals surface area contributed by atoms with E-state index in [2.05, 4.69) is 16.0 Å². The zero-order chi connectivity index (χ0) is 10.0. The van der Waals surface area contributed by atoms with E-state index in [0.29, 0.717) is 0 Å². The van der Waals surface area contributed by atoms with Gasteiger partial charge in [0.25, 0.3) is 5.91 Å². The molecule has 1 aliphatic rings. The van der Waals surface area contributed by atoms with E-state index < -0.39 is 18.1 Å². The van der Waals surface area contributed by atoms with Crippen LogP contribution in [0.3, 0.4) is 0 Å². The molecule has 13 heavy (non-hydrogen) atoms. The average molecular weight is 202 g/mol. The molecule has 0 bridgehead atoms. The van der Waals surface area contributed by atoms with Crippen LogP contribution in [-0.2, 0) is 9.59 Å². The Morgan fingerprint density at radius 1 is 1.69 bits per heavy atom. The summed E-state index contributed by atoms with van der Waals surface area (Å²) in [7, 11) is 0. The molecule has 2 amide bonds. The van der Waals surface area contributed by atoms with Gasteiger partial charge in [0.05, 0.1) is 0 Å². The van der Waals surface area contributed by atoms with Crippen molar-refractivity contribution in [1.29, 1.82) is 0 Å². The Balaban J connectivity index is 2.67. The molecule has 5 N–H and O–H groups in total. The highest BCUT2D eigenvalue weighted by Gasteiger charge is 2.31. The molecule has 2 atom stereocenters. The van der Waals surface area contributed by atoms with Crippen LogP contribution in [0.5, 0.6) is 0 Å². The molecule has 1 fully saturated rings. The van der Waals surface area contributed by atoms with Crippen LogP contribution in [0.25, 0.3) is 0 Å². The number of hydrogen-bond acceptors (Lipinski definition) is 4. The van der Waals surface area contributed by atoms with Crippen molar-refractivity contribution in [2.24, 2.45) is 5.73 Å². The number of thiocarbonyl (C=S) groups is 1. The van der Waals surface area contributed by atoms with Crippen molar-refractivity contribution in [3.63, 3.8) is 0 Å². The van der Waals surface area contributed by atoms with E-state index in [1.807, 2.05) is 0 Å². The SMILES string of the molecule is CC(=O)NC1C(=O)NC(=S)NC1N. The second kappa shape index (κ2) is 3.67. The lowest BCUT2D eigenvalue weighted by atomic mass is 10.2. The monoisotopic (exact) mass is 202 g/mol. The number of carbonyl (C=O) groups is 2. The minimum absolute atomic E-state index is 0.180. The normalized spacial score (nSPS) is 27.5. The molecule has 1 rings (SSSR count). The zero-order valence-electron chi connectivity index (χ0n) is 6.96. The van der Waals surface area contributed by atoms with E-state index in [0.717, 1.165) is 0 Å². The summed E-state index contributed by atoms with van der Waals surface area (Å²) in [6, 6.07) is -0.774. The highest BCUT2D eigenvalue weighted by molar-refractivity contribution is 7.80. The Hall–Kier alpha value is -1.21. The first-order valence-corrected chi connectivity index (χ1v) is 4.05. The van der Waals surface area contributed by atoms with Crippen molar-refractivity contribution in [3.05, 3.63) is 0 Å². The standard InChI is InChI=1S/C6H10N4O2S/c1-2(11)8-3-4(7)9-6(13)10-5(3)12/h3-4H,7H2,1H3,(H,8,11)(H2,9,10,12,13). The molecule has 0 aliphatic carbocycles. The Kier molecular flexibility index (Phi) is 2.79. The largest absolute Gasteiger partial charge is 0.345 e. The van der Waals surface area contributed by atoms with Gasteiger partial charge < -0.3 is 21.7 Å². The van der Waals surface area contributed by atoms with Crippen LogP contribution >= 0.6 is 12.2 Å². The summed E-state index contributed by atoms with van der Waals surface area (Å²) in [5, 5.41) is 7.56. The first kappa shape index (κ1) is 9.87. The smallest absolute Gasteiger partial charge is 0.252 e. The van der Waals surface area contributed by atoms with Crippen molar-refractivity contribution in [3.8, 4) is 0 Å². The number of amides is 2. The lowest BCUT2D eigenvalue weighted by Crippen LogP contribution is -2.69. The summed E-state index contributed by atoms with van der Waals surface area (Å²) in [4.78, 5) is 21.9. The van der Waals surface area contributed by atoms with Crippen LogP contribution < -0.4 is 21.7 Å². The fourth-order valence-electron chi connectivity index (χ4n) is 0.998. The summed E-state index contributed by atoms with van der Waals surface area (Å²) >= 11 is 4.69. The van der Waals surface area contributed by atoms with E-state index in [1.54, 1.807) is 0 Å². The van der Waals surface area contributed by atoms with Gasteiger partial charge in [-0.2, -0.15) is 0 Å². The van der Waals surface area contributed by atoms with Gasteiger partial charge >= 0.3 is 0 Å². The summed E-state index contributed by atoms with van der Waals surface area (Å²) in [6.45, 7) is 1.31. The maximum Gasteiger partial charge on any atom is 0.252 e. The van der Waals surface area contributed by atoms with Crippen molar-refractivity contribution in [2.75, 3.05) is 0 Å². The van der Waals surface area contributed by atoms with Gasteiger partial charge in [0.1, 0.15) is 12.2 Å². The van der Waals surface area contributed by atoms with Crippen LogP contribution in [0.4, 0.5) is 0 Å². The second-order valence-corrected chi connectivity index (χ2v) is 3.07. The van der Waals surface area contributed by atoms with Crippen molar-refractivity contribution in [1.82, 2.24) is 16.0 Å². The molecule has 0 spiro atoms. The Morgan fingerprint density at radius 3 is 2.77 bits per heavy atom. The molecule has 0 radical (unpaired) electrons. The van der Waals surface area contributed by atoms with Gasteiger partial charge in [0.15, 0.2) is 5.11 Å². The maximum absolute atomic E-state index is 11.2. The molecule has 1 aliphatic heterocycles. The number of carbonyl (C=O) groups excluding carboxylic acids is 2. The van der Waals surface area contributed by atoms with Crippen molar-refractivity contribution in [2.45, 2.75) is 19.1 Å². The average Bonchev–Trinajstić information content (AvgIpc) is 1.96. The molecule has 72 valence electrons. The maximum atomic E-state index is 11.2. The zero-order valence-corrected chi connectivity index (χ0v) is 7.77. The second-order valence-electron chi connectivity index (χ2n) is 2.67. The molecule has 0 aromatic rings. The van der Waals surface area contributed by atoms with Crippen LogP contribution in [-0.4, -0.2) is 29.1 Å². The highest BCUT2D eigenvalue weighted by atomic mass is 32.1. The van der Waals surface area contributed by atoms with Crippen LogP contribution in [0.1, 0.15) is 6.92 Å². The van der Waals surface area contributed by atoms with Crippen LogP contribution in [0.2, 0.25) is 0 Å². The first-order chi connectivity index (χ1) is 6.00. The van der Waals surface area contributed by atoms with E-state index in [-0.39, 0.29) is 11.0 Å². The number of nitrogens with one attached hydrogen (secondary N) is 3. The fraction of sp³-hybridized carbons (Fsp3) is 0.500. The quantitative estimate of drug-likeness (QED) is 0.361. The predicted octanol–water partition coefficient (Wildman–Crippen LogP) is -2.22. The number of nitrogens with two attached hydrogens (primary N) is 1. The van der Waals surface area contributed by atoms with Gasteiger partial charge in [-0.3, -0.25) is 9.59 Å². The van der Waals surface area contributed by atoms with E-state index in [9.17, 15) is 9.59 Å². The first-order valence-electron chi connectivity index (χ1n) is 3.65. The highest BCUT2D eigenvalue weighted by Crippen LogP contribution is 1.94. The minimum Gasteiger partial charge on any atom is -0.345 e. The molecule has 2 unspecified atom stereocenters. The van der Waals surface area contributed by atoms with Crippen LogP contribution in [0.15, 0.2) is 0 Å². The van der Waals surface area contributed by atoms with E-state index in [1.165, 1.54) is 6.92 Å². The van der Waals surface area contributed by atoms with E-state index >= 15 is 0 Å². The molecule has 0 aromatic carbocycles. The third-order valence-corrected chi connectivity index (χ3v) is 1.75. The summed E-state index contributed by atoms with van der Waals surface area (Å²) in [6.07, 6.45) is -0.676. The fourth-order valence-corrected chi connectivity index (χ4v) is 1.23. The molecule has 1 saturated heterocycles. The van der Waals surface area contributed by atoms with E-state index in [4.69, 9.17) is 18.0 Å². The predicted molar refractivity (Wildman–Crippen MR) is 49.5 cm³/mol. The molecule has 0 aromatic heterocycles. The third kappa shape index (κ3) is 2.36. The lowest BCUT2D eigenvalue weighted by molar-refractivity contribution is -0.128.